The molecular formula is C16H17N3O3. The van der Waals surface area contributed by atoms with Gasteiger partial charge in [0.05, 0.1) is 10.3 Å². The zero-order valence-electron chi connectivity index (χ0n) is 12.4. The molecule has 114 valence electrons. The van der Waals surface area contributed by atoms with Gasteiger partial charge < -0.3 is 11.1 Å². The lowest BCUT2D eigenvalue weighted by Gasteiger charge is -2.24. The minimum atomic E-state index is -0.850. The highest BCUT2D eigenvalue weighted by Gasteiger charge is 2.31. The standard InChI is InChI=1S/C16H17N3O3/c1-16(2,11-7-9-12(17)10-8-11)15(20)18-13-5-3-4-6-14(13)19(21)22/h3-10H,17H2,1-2H3,(H,18,20). The maximum atomic E-state index is 12.5. The van der Waals surface area contributed by atoms with Crippen molar-refractivity contribution in [1.29, 1.82) is 0 Å². The van der Waals surface area contributed by atoms with Crippen molar-refractivity contribution in [2.45, 2.75) is 19.3 Å². The average Bonchev–Trinajstić information content (AvgIpc) is 2.48. The van der Waals surface area contributed by atoms with Gasteiger partial charge in [0.15, 0.2) is 0 Å². The summed E-state index contributed by atoms with van der Waals surface area (Å²) >= 11 is 0. The second kappa shape index (κ2) is 5.85. The number of carbonyl (C=O) groups is 1. The van der Waals surface area contributed by atoms with Crippen LogP contribution in [0.5, 0.6) is 0 Å². The first-order valence-electron chi connectivity index (χ1n) is 6.73. The van der Waals surface area contributed by atoms with Crippen LogP contribution in [-0.4, -0.2) is 10.8 Å². The van der Waals surface area contributed by atoms with E-state index < -0.39 is 10.3 Å². The van der Waals surface area contributed by atoms with Crippen LogP contribution in [0.25, 0.3) is 0 Å². The minimum absolute atomic E-state index is 0.135. The van der Waals surface area contributed by atoms with Crippen molar-refractivity contribution in [3.63, 3.8) is 0 Å². The monoisotopic (exact) mass is 299 g/mol. The normalized spacial score (nSPS) is 11.0. The molecule has 0 radical (unpaired) electrons. The molecule has 2 rings (SSSR count). The summed E-state index contributed by atoms with van der Waals surface area (Å²) in [5.41, 5.74) is 6.23. The van der Waals surface area contributed by atoms with Gasteiger partial charge >= 0.3 is 0 Å². The number of para-hydroxylation sites is 2. The molecule has 6 heteroatoms. The molecule has 0 aliphatic rings. The summed E-state index contributed by atoms with van der Waals surface area (Å²) in [4.78, 5) is 23.0. The Balaban J connectivity index is 2.28. The van der Waals surface area contributed by atoms with Gasteiger partial charge in [-0.05, 0) is 37.6 Å². The van der Waals surface area contributed by atoms with Crippen molar-refractivity contribution in [2.75, 3.05) is 11.1 Å². The molecule has 2 aromatic carbocycles. The molecule has 22 heavy (non-hydrogen) atoms. The van der Waals surface area contributed by atoms with Crippen LogP contribution in [0.1, 0.15) is 19.4 Å². The molecule has 0 aliphatic carbocycles. The molecule has 0 bridgehead atoms. The second-order valence-corrected chi connectivity index (χ2v) is 5.48. The van der Waals surface area contributed by atoms with Gasteiger partial charge in [-0.15, -0.1) is 0 Å². The molecule has 1 amide bonds. The molecule has 0 unspecified atom stereocenters. The van der Waals surface area contributed by atoms with Crippen LogP contribution in [0.4, 0.5) is 17.1 Å². The van der Waals surface area contributed by atoms with Gasteiger partial charge in [0, 0.05) is 11.8 Å². The van der Waals surface area contributed by atoms with Gasteiger partial charge in [0.2, 0.25) is 5.91 Å². The summed E-state index contributed by atoms with van der Waals surface area (Å²) in [5.74, 6) is -0.327. The van der Waals surface area contributed by atoms with E-state index in [0.717, 1.165) is 5.56 Å². The number of amides is 1. The van der Waals surface area contributed by atoms with Gasteiger partial charge in [0.1, 0.15) is 5.69 Å². The molecule has 2 aromatic rings. The van der Waals surface area contributed by atoms with E-state index >= 15 is 0 Å². The highest BCUT2D eigenvalue weighted by molar-refractivity contribution is 6.00. The van der Waals surface area contributed by atoms with Gasteiger partial charge in [-0.25, -0.2) is 0 Å². The Morgan fingerprint density at radius 2 is 1.73 bits per heavy atom. The number of benzene rings is 2. The third kappa shape index (κ3) is 3.06. The Morgan fingerprint density at radius 1 is 1.14 bits per heavy atom. The van der Waals surface area contributed by atoms with E-state index in [0.29, 0.717) is 5.69 Å². The molecule has 0 saturated carbocycles. The third-order valence-electron chi connectivity index (χ3n) is 3.55. The third-order valence-corrected chi connectivity index (χ3v) is 3.55. The molecular weight excluding hydrogens is 282 g/mol. The first kappa shape index (κ1) is 15.5. The fourth-order valence-corrected chi connectivity index (χ4v) is 2.05. The van der Waals surface area contributed by atoms with Crippen LogP contribution in [0.15, 0.2) is 48.5 Å². The Hall–Kier alpha value is -2.89. The van der Waals surface area contributed by atoms with Gasteiger partial charge in [-0.3, -0.25) is 14.9 Å². The number of nitro benzene ring substituents is 1. The predicted octanol–water partition coefficient (Wildman–Crippen LogP) is 3.09. The number of hydrogen-bond donors (Lipinski definition) is 2. The van der Waals surface area contributed by atoms with Crippen molar-refractivity contribution >= 4 is 23.0 Å². The Labute approximate surface area is 128 Å². The molecule has 3 N–H and O–H groups in total. The van der Waals surface area contributed by atoms with Crippen molar-refractivity contribution in [3.05, 3.63) is 64.2 Å². The molecule has 6 nitrogen and oxygen atoms in total. The number of hydrogen-bond acceptors (Lipinski definition) is 4. The number of rotatable bonds is 4. The maximum absolute atomic E-state index is 12.5. The average molecular weight is 299 g/mol. The first-order chi connectivity index (χ1) is 10.3. The first-order valence-corrected chi connectivity index (χ1v) is 6.73. The molecule has 0 spiro atoms. The Morgan fingerprint density at radius 3 is 2.32 bits per heavy atom. The summed E-state index contributed by atoms with van der Waals surface area (Å²) in [6.45, 7) is 3.51. The smallest absolute Gasteiger partial charge is 0.292 e. The maximum Gasteiger partial charge on any atom is 0.292 e. The van der Waals surface area contributed by atoms with Crippen molar-refractivity contribution in [1.82, 2.24) is 0 Å². The van der Waals surface area contributed by atoms with Crippen LogP contribution < -0.4 is 11.1 Å². The van der Waals surface area contributed by atoms with Crippen LogP contribution in [-0.2, 0) is 10.2 Å². The number of carbonyl (C=O) groups excluding carboxylic acids is 1. The molecule has 0 aliphatic heterocycles. The van der Waals surface area contributed by atoms with E-state index in [1.165, 1.54) is 12.1 Å². The minimum Gasteiger partial charge on any atom is -0.399 e. The van der Waals surface area contributed by atoms with E-state index in [1.807, 2.05) is 0 Å². The lowest BCUT2D eigenvalue weighted by molar-refractivity contribution is -0.383. The van der Waals surface area contributed by atoms with E-state index in [4.69, 9.17) is 5.73 Å². The van der Waals surface area contributed by atoms with E-state index in [9.17, 15) is 14.9 Å². The topological polar surface area (TPSA) is 98.3 Å². The summed E-state index contributed by atoms with van der Waals surface area (Å²) in [6.07, 6.45) is 0. The second-order valence-electron chi connectivity index (χ2n) is 5.48. The van der Waals surface area contributed by atoms with Gasteiger partial charge in [-0.1, -0.05) is 24.3 Å². The van der Waals surface area contributed by atoms with Gasteiger partial charge in [-0.2, -0.15) is 0 Å². The summed E-state index contributed by atoms with van der Waals surface area (Å²) in [6, 6.07) is 13.0. The summed E-state index contributed by atoms with van der Waals surface area (Å²) < 4.78 is 0. The van der Waals surface area contributed by atoms with Crippen LogP contribution in [0.2, 0.25) is 0 Å². The van der Waals surface area contributed by atoms with E-state index in [-0.39, 0.29) is 17.3 Å². The van der Waals surface area contributed by atoms with Crippen molar-refractivity contribution < 1.29 is 9.72 Å². The van der Waals surface area contributed by atoms with Crippen LogP contribution in [0.3, 0.4) is 0 Å². The SMILES string of the molecule is CC(C)(C(=O)Nc1ccccc1[N+](=O)[O-])c1ccc(N)cc1. The number of nitrogen functional groups attached to an aromatic ring is 1. The predicted molar refractivity (Wildman–Crippen MR) is 85.6 cm³/mol. The van der Waals surface area contributed by atoms with Crippen molar-refractivity contribution in [3.8, 4) is 0 Å². The Bertz CT molecular complexity index is 709. The fourth-order valence-electron chi connectivity index (χ4n) is 2.05. The molecule has 0 fully saturated rings. The largest absolute Gasteiger partial charge is 0.399 e. The molecule has 0 heterocycles. The number of nitrogens with two attached hydrogens (primary N) is 1. The molecule has 0 atom stereocenters. The molecule has 0 saturated heterocycles. The number of nitrogens with one attached hydrogen (secondary N) is 1. The quantitative estimate of drug-likeness (QED) is 0.515. The van der Waals surface area contributed by atoms with Crippen molar-refractivity contribution in [2.24, 2.45) is 0 Å². The van der Waals surface area contributed by atoms with E-state index in [2.05, 4.69) is 5.32 Å². The summed E-state index contributed by atoms with van der Waals surface area (Å²) in [7, 11) is 0. The highest BCUT2D eigenvalue weighted by atomic mass is 16.6. The zero-order valence-corrected chi connectivity index (χ0v) is 12.4. The summed E-state index contributed by atoms with van der Waals surface area (Å²) in [5, 5.41) is 13.6. The van der Waals surface area contributed by atoms with Crippen LogP contribution >= 0.6 is 0 Å². The number of nitrogens with zero attached hydrogens (tertiary/aromatic N) is 1. The highest BCUT2D eigenvalue weighted by Crippen LogP contribution is 2.29. The van der Waals surface area contributed by atoms with Crippen LogP contribution in [0, 0.1) is 10.1 Å². The van der Waals surface area contributed by atoms with Gasteiger partial charge in [0.25, 0.3) is 5.69 Å². The number of anilines is 2. The Kier molecular flexibility index (Phi) is 4.12. The molecule has 0 aromatic heterocycles. The van der Waals surface area contributed by atoms with E-state index in [1.54, 1.807) is 50.2 Å². The number of nitro groups is 1. The lowest BCUT2D eigenvalue weighted by Crippen LogP contribution is -2.34. The lowest BCUT2D eigenvalue weighted by atomic mass is 9.83. The fraction of sp³-hybridized carbons (Fsp3) is 0.188. The zero-order chi connectivity index (χ0) is 16.3.